The van der Waals surface area contributed by atoms with Gasteiger partial charge in [0.25, 0.3) is 10.2 Å². The maximum Gasteiger partial charge on any atom is 0.278 e. The molecule has 0 bridgehead atoms. The molecule has 0 atom stereocenters. The summed E-state index contributed by atoms with van der Waals surface area (Å²) in [6.45, 7) is 3.17. The van der Waals surface area contributed by atoms with Gasteiger partial charge in [0.2, 0.25) is 0 Å². The van der Waals surface area contributed by atoms with Crippen molar-refractivity contribution in [2.75, 3.05) is 27.7 Å². The fourth-order valence-corrected chi connectivity index (χ4v) is 2.08. The highest BCUT2D eigenvalue weighted by atomic mass is 32.2. The molecule has 18 heavy (non-hydrogen) atoms. The Hall–Kier alpha value is -0.960. The molecule has 0 aliphatic carbocycles. The lowest BCUT2D eigenvalue weighted by molar-refractivity contribution is 0.174. The van der Waals surface area contributed by atoms with Crippen LogP contribution in [0.2, 0.25) is 0 Å². The number of hydrogen-bond donors (Lipinski definition) is 1. The number of ether oxygens (including phenoxy) is 1. The molecule has 1 aromatic heterocycles. The van der Waals surface area contributed by atoms with E-state index in [0.29, 0.717) is 19.7 Å². The van der Waals surface area contributed by atoms with E-state index in [0.717, 1.165) is 15.8 Å². The second kappa shape index (κ2) is 6.28. The Morgan fingerprint density at radius 3 is 2.72 bits per heavy atom. The summed E-state index contributed by atoms with van der Waals surface area (Å²) in [6.07, 6.45) is 1.74. The minimum absolute atomic E-state index is 0.314. The van der Waals surface area contributed by atoms with Gasteiger partial charge in [-0.15, -0.1) is 0 Å². The fraction of sp³-hybridized carbons (Fsp3) is 0.700. The van der Waals surface area contributed by atoms with Gasteiger partial charge in [0.1, 0.15) is 12.4 Å². The Balaban J connectivity index is 2.61. The molecule has 1 rings (SSSR count). The molecule has 0 amide bonds. The SMILES string of the molecule is COCc1ncc(C)n1CCNS(=O)(=O)N(C)C. The van der Waals surface area contributed by atoms with Crippen molar-refractivity contribution in [2.24, 2.45) is 0 Å². The Labute approximate surface area is 108 Å². The number of aryl methyl sites for hydroxylation is 1. The average Bonchev–Trinajstić information content (AvgIpc) is 2.61. The van der Waals surface area contributed by atoms with E-state index in [1.54, 1.807) is 13.3 Å². The molecule has 0 fully saturated rings. The second-order valence-electron chi connectivity index (χ2n) is 4.08. The van der Waals surface area contributed by atoms with Gasteiger partial charge in [0.15, 0.2) is 0 Å². The second-order valence-corrected chi connectivity index (χ2v) is 6.05. The van der Waals surface area contributed by atoms with Crippen LogP contribution in [0.3, 0.4) is 0 Å². The van der Waals surface area contributed by atoms with Crippen molar-refractivity contribution in [1.82, 2.24) is 18.6 Å². The van der Waals surface area contributed by atoms with Gasteiger partial charge in [-0.3, -0.25) is 0 Å². The summed E-state index contributed by atoms with van der Waals surface area (Å²) in [5.74, 6) is 0.791. The molecule has 0 unspecified atom stereocenters. The third kappa shape index (κ3) is 3.77. The summed E-state index contributed by atoms with van der Waals surface area (Å²) < 4.78 is 33.7. The summed E-state index contributed by atoms with van der Waals surface area (Å²) in [7, 11) is 1.20. The van der Waals surface area contributed by atoms with Crippen molar-refractivity contribution < 1.29 is 13.2 Å². The molecule has 0 aromatic carbocycles. The van der Waals surface area contributed by atoms with Crippen LogP contribution >= 0.6 is 0 Å². The first kappa shape index (κ1) is 15.1. The van der Waals surface area contributed by atoms with Crippen LogP contribution in [0.25, 0.3) is 0 Å². The maximum atomic E-state index is 11.5. The molecule has 0 aliphatic rings. The smallest absolute Gasteiger partial charge is 0.278 e. The van der Waals surface area contributed by atoms with Gasteiger partial charge in [0, 0.05) is 46.2 Å². The molecule has 1 aromatic rings. The lowest BCUT2D eigenvalue weighted by atomic mass is 10.5. The number of imidazole rings is 1. The number of nitrogens with zero attached hydrogens (tertiary/aromatic N) is 3. The van der Waals surface area contributed by atoms with Gasteiger partial charge >= 0.3 is 0 Å². The van der Waals surface area contributed by atoms with E-state index in [1.165, 1.54) is 14.1 Å². The van der Waals surface area contributed by atoms with Crippen molar-refractivity contribution in [1.29, 1.82) is 0 Å². The molecule has 0 spiro atoms. The van der Waals surface area contributed by atoms with Crippen LogP contribution < -0.4 is 4.72 Å². The predicted molar refractivity (Wildman–Crippen MR) is 68.3 cm³/mol. The minimum Gasteiger partial charge on any atom is -0.377 e. The van der Waals surface area contributed by atoms with Gasteiger partial charge in [-0.25, -0.2) is 9.71 Å². The molecule has 1 N–H and O–H groups in total. The summed E-state index contributed by atoms with van der Waals surface area (Å²) in [5.41, 5.74) is 0.978. The third-order valence-corrected chi connectivity index (χ3v) is 4.04. The molecule has 8 heteroatoms. The van der Waals surface area contributed by atoms with Crippen LogP contribution in [-0.2, 0) is 28.1 Å². The van der Waals surface area contributed by atoms with Crippen molar-refractivity contribution in [3.05, 3.63) is 17.7 Å². The Bertz CT molecular complexity index is 481. The minimum atomic E-state index is -3.37. The standard InChI is InChI=1S/C10H20N4O3S/c1-9-7-11-10(8-17-4)14(9)6-5-12-18(15,16)13(2)3/h7,12H,5-6,8H2,1-4H3. The van der Waals surface area contributed by atoms with Crippen LogP contribution in [0.5, 0.6) is 0 Å². The van der Waals surface area contributed by atoms with Gasteiger partial charge in [-0.2, -0.15) is 12.7 Å². The van der Waals surface area contributed by atoms with E-state index in [9.17, 15) is 8.42 Å². The van der Waals surface area contributed by atoms with Crippen molar-refractivity contribution >= 4 is 10.2 Å². The van der Waals surface area contributed by atoms with E-state index in [1.807, 2.05) is 11.5 Å². The molecule has 0 saturated carbocycles. The molecule has 0 aliphatic heterocycles. The molecule has 7 nitrogen and oxygen atoms in total. The topological polar surface area (TPSA) is 76.5 Å². The predicted octanol–water partition coefficient (Wildman–Crippen LogP) is -0.266. The third-order valence-electron chi connectivity index (χ3n) is 2.51. The first-order valence-electron chi connectivity index (χ1n) is 5.55. The highest BCUT2D eigenvalue weighted by molar-refractivity contribution is 7.87. The van der Waals surface area contributed by atoms with E-state index < -0.39 is 10.2 Å². The van der Waals surface area contributed by atoms with E-state index in [-0.39, 0.29) is 0 Å². The summed E-state index contributed by atoms with van der Waals surface area (Å²) in [6, 6.07) is 0. The largest absolute Gasteiger partial charge is 0.377 e. The van der Waals surface area contributed by atoms with Crippen molar-refractivity contribution in [3.63, 3.8) is 0 Å². The molecule has 104 valence electrons. The number of aromatic nitrogens is 2. The van der Waals surface area contributed by atoms with Gasteiger partial charge in [-0.05, 0) is 6.92 Å². The monoisotopic (exact) mass is 276 g/mol. The quantitative estimate of drug-likeness (QED) is 0.744. The molecule has 0 radical (unpaired) electrons. The van der Waals surface area contributed by atoms with Crippen LogP contribution in [0.15, 0.2) is 6.20 Å². The number of methoxy groups -OCH3 is 1. The maximum absolute atomic E-state index is 11.5. The van der Waals surface area contributed by atoms with E-state index in [4.69, 9.17) is 4.74 Å². The number of hydrogen-bond acceptors (Lipinski definition) is 4. The zero-order valence-corrected chi connectivity index (χ0v) is 12.0. The van der Waals surface area contributed by atoms with Gasteiger partial charge in [0.05, 0.1) is 0 Å². The fourth-order valence-electron chi connectivity index (χ4n) is 1.48. The first-order valence-corrected chi connectivity index (χ1v) is 6.99. The lowest BCUT2D eigenvalue weighted by Gasteiger charge is -2.14. The first-order chi connectivity index (χ1) is 8.38. The average molecular weight is 276 g/mol. The Morgan fingerprint density at radius 2 is 2.17 bits per heavy atom. The van der Waals surface area contributed by atoms with Gasteiger partial charge in [-0.1, -0.05) is 0 Å². The van der Waals surface area contributed by atoms with E-state index >= 15 is 0 Å². The van der Waals surface area contributed by atoms with Gasteiger partial charge < -0.3 is 9.30 Å². The molecule has 0 saturated heterocycles. The zero-order valence-electron chi connectivity index (χ0n) is 11.2. The van der Waals surface area contributed by atoms with Crippen LogP contribution in [-0.4, -0.2) is 50.0 Å². The van der Waals surface area contributed by atoms with Crippen molar-refractivity contribution in [3.8, 4) is 0 Å². The van der Waals surface area contributed by atoms with Crippen LogP contribution in [0.1, 0.15) is 11.5 Å². The van der Waals surface area contributed by atoms with E-state index in [2.05, 4.69) is 9.71 Å². The lowest BCUT2D eigenvalue weighted by Crippen LogP contribution is -2.37. The number of nitrogens with one attached hydrogen (secondary N) is 1. The van der Waals surface area contributed by atoms with Crippen LogP contribution in [0, 0.1) is 6.92 Å². The molecular formula is C10H20N4O3S. The summed E-state index contributed by atoms with van der Waals surface area (Å²) >= 11 is 0. The van der Waals surface area contributed by atoms with Crippen molar-refractivity contribution in [2.45, 2.75) is 20.1 Å². The Kier molecular flexibility index (Phi) is 5.27. The normalized spacial score (nSPS) is 12.3. The zero-order chi connectivity index (χ0) is 13.8. The molecular weight excluding hydrogens is 256 g/mol. The summed E-state index contributed by atoms with van der Waals surface area (Å²) in [4.78, 5) is 4.21. The number of rotatable bonds is 7. The Morgan fingerprint density at radius 1 is 1.50 bits per heavy atom. The van der Waals surface area contributed by atoms with Crippen LogP contribution in [0.4, 0.5) is 0 Å². The highest BCUT2D eigenvalue weighted by Crippen LogP contribution is 2.05. The highest BCUT2D eigenvalue weighted by Gasteiger charge is 2.13. The molecule has 1 heterocycles. The summed E-state index contributed by atoms with van der Waals surface area (Å²) in [5, 5.41) is 0.